The van der Waals surface area contributed by atoms with Crippen molar-refractivity contribution in [1.29, 1.82) is 0 Å². The van der Waals surface area contributed by atoms with E-state index in [0.717, 1.165) is 6.54 Å². The number of rotatable bonds is 5. The summed E-state index contributed by atoms with van der Waals surface area (Å²) in [6, 6.07) is 0.179. The van der Waals surface area contributed by atoms with E-state index in [2.05, 4.69) is 31.1 Å². The molecular formula is C15H26N4OS. The van der Waals surface area contributed by atoms with E-state index in [0.29, 0.717) is 21.7 Å². The lowest BCUT2D eigenvalue weighted by Crippen LogP contribution is -2.38. The van der Waals surface area contributed by atoms with Gasteiger partial charge in [-0.3, -0.25) is 4.79 Å². The summed E-state index contributed by atoms with van der Waals surface area (Å²) >= 11 is 1.35. The van der Waals surface area contributed by atoms with Gasteiger partial charge in [-0.1, -0.05) is 11.3 Å². The van der Waals surface area contributed by atoms with Crippen LogP contribution in [0.2, 0.25) is 0 Å². The molecule has 0 bridgehead atoms. The van der Waals surface area contributed by atoms with E-state index in [4.69, 9.17) is 5.73 Å². The number of nitrogen functional groups attached to an aromatic ring is 1. The minimum Gasteiger partial charge on any atom is -0.382 e. The van der Waals surface area contributed by atoms with Crippen molar-refractivity contribution < 1.29 is 4.79 Å². The number of carbonyl (C=O) groups is 1. The molecule has 2 rings (SSSR count). The van der Waals surface area contributed by atoms with Crippen molar-refractivity contribution in [3.8, 4) is 0 Å². The molecule has 21 heavy (non-hydrogen) atoms. The van der Waals surface area contributed by atoms with Crippen LogP contribution in [0.15, 0.2) is 0 Å². The first kappa shape index (κ1) is 16.1. The molecule has 0 aliphatic heterocycles. The molecule has 118 valence electrons. The number of hydrogen-bond donors (Lipinski definition) is 2. The van der Waals surface area contributed by atoms with Crippen molar-refractivity contribution in [2.24, 2.45) is 5.92 Å². The first-order valence-electron chi connectivity index (χ1n) is 7.53. The van der Waals surface area contributed by atoms with Gasteiger partial charge in [0.25, 0.3) is 5.91 Å². The second kappa shape index (κ2) is 5.83. The molecule has 0 aromatic carbocycles. The lowest BCUT2D eigenvalue weighted by atomic mass is 10.1. The van der Waals surface area contributed by atoms with Crippen LogP contribution in [0.3, 0.4) is 0 Å². The summed E-state index contributed by atoms with van der Waals surface area (Å²) in [5, 5.41) is 3.98. The summed E-state index contributed by atoms with van der Waals surface area (Å²) in [6.07, 6.45) is 2.46. The van der Waals surface area contributed by atoms with Crippen LogP contribution in [-0.2, 0) is 0 Å². The van der Waals surface area contributed by atoms with Gasteiger partial charge < -0.3 is 16.0 Å². The highest BCUT2D eigenvalue weighted by molar-refractivity contribution is 7.18. The van der Waals surface area contributed by atoms with Crippen LogP contribution in [0.5, 0.6) is 0 Å². The Kier molecular flexibility index (Phi) is 4.46. The van der Waals surface area contributed by atoms with Crippen LogP contribution in [-0.4, -0.2) is 33.9 Å². The highest BCUT2D eigenvalue weighted by Crippen LogP contribution is 2.33. The molecule has 3 N–H and O–H groups in total. The molecule has 6 heteroatoms. The molecule has 1 aliphatic rings. The van der Waals surface area contributed by atoms with Gasteiger partial charge in [0.1, 0.15) is 10.7 Å². The van der Waals surface area contributed by atoms with E-state index in [-0.39, 0.29) is 17.5 Å². The third-order valence-electron chi connectivity index (χ3n) is 3.37. The van der Waals surface area contributed by atoms with Gasteiger partial charge in [0.05, 0.1) is 0 Å². The molecule has 0 atom stereocenters. The summed E-state index contributed by atoms with van der Waals surface area (Å²) in [5.74, 6) is 1.00. The second-order valence-corrected chi connectivity index (χ2v) is 8.10. The van der Waals surface area contributed by atoms with Gasteiger partial charge in [-0.2, -0.15) is 0 Å². The predicted octanol–water partition coefficient (Wildman–Crippen LogP) is 3.20. The molecule has 0 spiro atoms. The molecule has 1 aromatic heterocycles. The number of nitrogens with one attached hydrogen (secondary N) is 1. The van der Waals surface area contributed by atoms with Crippen molar-refractivity contribution in [2.45, 2.75) is 59.0 Å². The first-order valence-corrected chi connectivity index (χ1v) is 8.34. The molecule has 0 radical (unpaired) electrons. The number of amides is 1. The lowest BCUT2D eigenvalue weighted by Gasteiger charge is -2.26. The fraction of sp³-hybridized carbons (Fsp3) is 0.733. The number of thiazole rings is 1. The normalized spacial score (nSPS) is 15.3. The number of nitrogens with zero attached hydrogens (tertiary/aromatic N) is 2. The molecule has 1 amide bonds. The summed E-state index contributed by atoms with van der Waals surface area (Å²) in [7, 11) is 0. The standard InChI is InChI=1S/C15H26N4OS/c1-9(2)19(8-10-6-7-10)13(20)11-12(16)17-14(21-11)18-15(3,4)5/h9-10H,6-8,16H2,1-5H3,(H,17,18). The van der Waals surface area contributed by atoms with E-state index in [9.17, 15) is 4.79 Å². The monoisotopic (exact) mass is 310 g/mol. The van der Waals surface area contributed by atoms with Crippen LogP contribution >= 0.6 is 11.3 Å². The zero-order chi connectivity index (χ0) is 15.8. The third-order valence-corrected chi connectivity index (χ3v) is 4.34. The number of anilines is 2. The van der Waals surface area contributed by atoms with E-state index in [1.165, 1.54) is 24.2 Å². The second-order valence-electron chi connectivity index (χ2n) is 7.10. The average Bonchev–Trinajstić information content (AvgIpc) is 3.07. The lowest BCUT2D eigenvalue weighted by molar-refractivity contribution is 0.0702. The summed E-state index contributed by atoms with van der Waals surface area (Å²) in [6.45, 7) is 11.1. The predicted molar refractivity (Wildman–Crippen MR) is 88.8 cm³/mol. The van der Waals surface area contributed by atoms with E-state index in [1.54, 1.807) is 0 Å². The zero-order valence-electron chi connectivity index (χ0n) is 13.6. The van der Waals surface area contributed by atoms with Crippen molar-refractivity contribution in [3.63, 3.8) is 0 Å². The fourth-order valence-corrected chi connectivity index (χ4v) is 3.15. The summed E-state index contributed by atoms with van der Waals surface area (Å²) < 4.78 is 0. The van der Waals surface area contributed by atoms with Crippen molar-refractivity contribution in [3.05, 3.63) is 4.88 Å². The molecule has 1 aromatic rings. The van der Waals surface area contributed by atoms with E-state index in [1.807, 2.05) is 18.7 Å². The molecule has 0 unspecified atom stereocenters. The van der Waals surface area contributed by atoms with E-state index >= 15 is 0 Å². The van der Waals surface area contributed by atoms with Gasteiger partial charge in [-0.15, -0.1) is 0 Å². The smallest absolute Gasteiger partial charge is 0.268 e. The first-order chi connectivity index (χ1) is 9.67. The number of nitrogens with two attached hydrogens (primary N) is 1. The Morgan fingerprint density at radius 1 is 1.48 bits per heavy atom. The van der Waals surface area contributed by atoms with Crippen LogP contribution in [0, 0.1) is 5.92 Å². The molecule has 1 fully saturated rings. The maximum Gasteiger partial charge on any atom is 0.268 e. The maximum absolute atomic E-state index is 12.7. The Balaban J connectivity index is 2.16. The van der Waals surface area contributed by atoms with Gasteiger partial charge >= 0.3 is 0 Å². The zero-order valence-corrected chi connectivity index (χ0v) is 14.4. The van der Waals surface area contributed by atoms with Gasteiger partial charge in [0.15, 0.2) is 5.13 Å². The fourth-order valence-electron chi connectivity index (χ4n) is 2.10. The number of aromatic nitrogens is 1. The van der Waals surface area contributed by atoms with Crippen molar-refractivity contribution in [2.75, 3.05) is 17.6 Å². The number of carbonyl (C=O) groups excluding carboxylic acids is 1. The van der Waals surface area contributed by atoms with Crippen LogP contribution in [0.1, 0.15) is 57.1 Å². The Bertz CT molecular complexity index is 514. The van der Waals surface area contributed by atoms with Gasteiger partial charge in [0, 0.05) is 18.1 Å². The topological polar surface area (TPSA) is 71.2 Å². The molecule has 1 aliphatic carbocycles. The largest absolute Gasteiger partial charge is 0.382 e. The molecule has 5 nitrogen and oxygen atoms in total. The van der Waals surface area contributed by atoms with Crippen LogP contribution < -0.4 is 11.1 Å². The molecular weight excluding hydrogens is 284 g/mol. The Morgan fingerprint density at radius 3 is 2.57 bits per heavy atom. The van der Waals surface area contributed by atoms with Crippen LogP contribution in [0.4, 0.5) is 10.9 Å². The molecule has 1 saturated carbocycles. The highest BCUT2D eigenvalue weighted by Gasteiger charge is 2.31. The Hall–Kier alpha value is -1.30. The van der Waals surface area contributed by atoms with Gasteiger partial charge in [0.2, 0.25) is 0 Å². The molecule has 1 heterocycles. The summed E-state index contributed by atoms with van der Waals surface area (Å²) in [4.78, 5) is 19.5. The number of hydrogen-bond acceptors (Lipinski definition) is 5. The SMILES string of the molecule is CC(C)N(CC1CC1)C(=O)c1sc(NC(C)(C)C)nc1N. The maximum atomic E-state index is 12.7. The van der Waals surface area contributed by atoms with Crippen molar-refractivity contribution in [1.82, 2.24) is 9.88 Å². The molecule has 0 saturated heterocycles. The average molecular weight is 310 g/mol. The highest BCUT2D eigenvalue weighted by atomic mass is 32.1. The quantitative estimate of drug-likeness (QED) is 0.876. The van der Waals surface area contributed by atoms with Crippen LogP contribution in [0.25, 0.3) is 0 Å². The van der Waals surface area contributed by atoms with Gasteiger partial charge in [-0.25, -0.2) is 4.98 Å². The minimum atomic E-state index is -0.101. The van der Waals surface area contributed by atoms with Gasteiger partial charge in [-0.05, 0) is 53.4 Å². The Morgan fingerprint density at radius 2 is 2.10 bits per heavy atom. The Labute approximate surface area is 130 Å². The van der Waals surface area contributed by atoms with E-state index < -0.39 is 0 Å². The summed E-state index contributed by atoms with van der Waals surface area (Å²) in [5.41, 5.74) is 5.86. The minimum absolute atomic E-state index is 0.00820. The van der Waals surface area contributed by atoms with Crippen molar-refractivity contribution >= 4 is 28.2 Å². The third kappa shape index (κ3) is 4.33.